The summed E-state index contributed by atoms with van der Waals surface area (Å²) >= 11 is 0. The second-order valence-electron chi connectivity index (χ2n) is 8.48. The number of fused-ring (bicyclic) bond motifs is 3. The smallest absolute Gasteiger partial charge is 0.244 e. The lowest BCUT2D eigenvalue weighted by Crippen LogP contribution is -2.51. The molecule has 3 aliphatic heterocycles. The van der Waals surface area contributed by atoms with Crippen LogP contribution in [0, 0.1) is 0 Å². The van der Waals surface area contributed by atoms with Gasteiger partial charge in [-0.05, 0) is 56.7 Å². The van der Waals surface area contributed by atoms with Gasteiger partial charge in [-0.1, -0.05) is 18.2 Å². The number of benzene rings is 1. The number of hydrogen-bond acceptors (Lipinski definition) is 5. The number of carbonyl (C=O) groups excluding carboxylic acids is 1. The minimum absolute atomic E-state index is 0.0744. The van der Waals surface area contributed by atoms with Gasteiger partial charge in [0.1, 0.15) is 11.9 Å². The molecule has 2 unspecified atom stereocenters. The van der Waals surface area contributed by atoms with E-state index in [2.05, 4.69) is 21.8 Å². The molecule has 1 amide bonds. The SMILES string of the molecule is CN1CCC(N2CC3CC2C(=O)N(Cc2cccnc2)c2ccccc2O3)CC1. The van der Waals surface area contributed by atoms with Crippen molar-refractivity contribution in [2.45, 2.75) is 44.0 Å². The molecule has 6 nitrogen and oxygen atoms in total. The van der Waals surface area contributed by atoms with Gasteiger partial charge in [-0.3, -0.25) is 14.7 Å². The van der Waals surface area contributed by atoms with Crippen LogP contribution in [0.25, 0.3) is 0 Å². The first kappa shape index (κ1) is 18.6. The number of aromatic nitrogens is 1. The molecule has 2 bridgehead atoms. The molecule has 0 N–H and O–H groups in total. The Labute approximate surface area is 172 Å². The van der Waals surface area contributed by atoms with Gasteiger partial charge in [0.2, 0.25) is 5.91 Å². The Hall–Kier alpha value is -2.44. The highest BCUT2D eigenvalue weighted by molar-refractivity contribution is 5.99. The number of hydrogen-bond donors (Lipinski definition) is 0. The van der Waals surface area contributed by atoms with E-state index in [-0.39, 0.29) is 18.1 Å². The maximum Gasteiger partial charge on any atom is 0.244 e. The van der Waals surface area contributed by atoms with E-state index in [1.807, 2.05) is 47.5 Å². The van der Waals surface area contributed by atoms with Crippen molar-refractivity contribution < 1.29 is 9.53 Å². The molecule has 2 fully saturated rings. The minimum Gasteiger partial charge on any atom is -0.487 e. The van der Waals surface area contributed by atoms with Gasteiger partial charge in [0.25, 0.3) is 0 Å². The van der Waals surface area contributed by atoms with E-state index in [1.54, 1.807) is 6.20 Å². The molecule has 6 heteroatoms. The summed E-state index contributed by atoms with van der Waals surface area (Å²) in [6.07, 6.45) is 6.67. The van der Waals surface area contributed by atoms with E-state index < -0.39 is 0 Å². The number of carbonyl (C=O) groups is 1. The predicted molar refractivity (Wildman–Crippen MR) is 112 cm³/mol. The molecule has 0 radical (unpaired) electrons. The predicted octanol–water partition coefficient (Wildman–Crippen LogP) is 2.54. The Balaban J connectivity index is 1.48. The summed E-state index contributed by atoms with van der Waals surface area (Å²) in [7, 11) is 2.18. The minimum atomic E-state index is -0.113. The molecular weight excluding hydrogens is 364 g/mol. The van der Waals surface area contributed by atoms with E-state index in [9.17, 15) is 4.79 Å². The van der Waals surface area contributed by atoms with Crippen LogP contribution in [0.15, 0.2) is 48.8 Å². The second-order valence-corrected chi connectivity index (χ2v) is 8.48. The van der Waals surface area contributed by atoms with Gasteiger partial charge in [-0.15, -0.1) is 0 Å². The number of likely N-dealkylation sites (tertiary alicyclic amines) is 2. The number of ether oxygens (including phenoxy) is 1. The highest BCUT2D eigenvalue weighted by Gasteiger charge is 2.45. The van der Waals surface area contributed by atoms with Crippen molar-refractivity contribution in [1.82, 2.24) is 14.8 Å². The third-order valence-corrected chi connectivity index (χ3v) is 6.52. The summed E-state index contributed by atoms with van der Waals surface area (Å²) in [5.41, 5.74) is 1.89. The quantitative estimate of drug-likeness (QED) is 0.804. The Morgan fingerprint density at radius 3 is 2.76 bits per heavy atom. The second kappa shape index (κ2) is 7.76. The molecule has 1 aromatic heterocycles. The summed E-state index contributed by atoms with van der Waals surface area (Å²) in [6.45, 7) is 3.52. The van der Waals surface area contributed by atoms with Crippen LogP contribution >= 0.6 is 0 Å². The van der Waals surface area contributed by atoms with Crippen LogP contribution in [-0.2, 0) is 11.3 Å². The highest BCUT2D eigenvalue weighted by Crippen LogP contribution is 2.38. The molecule has 4 heterocycles. The lowest BCUT2D eigenvalue weighted by Gasteiger charge is -2.38. The molecular formula is C23H28N4O2. The van der Waals surface area contributed by atoms with Gasteiger partial charge in [0.05, 0.1) is 18.3 Å². The fourth-order valence-corrected chi connectivity index (χ4v) is 4.97. The molecule has 2 aromatic rings. The van der Waals surface area contributed by atoms with Gasteiger partial charge < -0.3 is 14.5 Å². The van der Waals surface area contributed by atoms with Crippen LogP contribution in [0.3, 0.4) is 0 Å². The molecule has 1 aromatic carbocycles. The lowest BCUT2D eigenvalue weighted by atomic mass is 10.0. The standard InChI is InChI=1S/C23H28N4O2/c1-25-11-8-18(9-12-25)26-16-19-13-21(26)23(28)27(15-17-5-4-10-24-14-17)20-6-2-3-7-22(20)29-19/h2-7,10,14,18-19,21H,8-9,11-13,15-16H2,1H3. The van der Waals surface area contributed by atoms with Crippen LogP contribution in [-0.4, -0.2) is 65.6 Å². The van der Waals surface area contributed by atoms with Crippen LogP contribution in [0.1, 0.15) is 24.8 Å². The first-order chi connectivity index (χ1) is 14.2. The van der Waals surface area contributed by atoms with E-state index in [0.29, 0.717) is 12.6 Å². The third kappa shape index (κ3) is 3.63. The molecule has 2 saturated heterocycles. The van der Waals surface area contributed by atoms with E-state index in [4.69, 9.17) is 4.74 Å². The zero-order valence-electron chi connectivity index (χ0n) is 16.9. The van der Waals surface area contributed by atoms with E-state index in [1.165, 1.54) is 0 Å². The van der Waals surface area contributed by atoms with Crippen molar-refractivity contribution in [1.29, 1.82) is 0 Å². The van der Waals surface area contributed by atoms with Crippen molar-refractivity contribution in [3.05, 3.63) is 54.4 Å². The largest absolute Gasteiger partial charge is 0.487 e. The van der Waals surface area contributed by atoms with Crippen molar-refractivity contribution in [3.63, 3.8) is 0 Å². The monoisotopic (exact) mass is 392 g/mol. The molecule has 2 atom stereocenters. The number of para-hydroxylation sites is 2. The van der Waals surface area contributed by atoms with Crippen molar-refractivity contribution in [2.24, 2.45) is 0 Å². The Morgan fingerprint density at radius 1 is 1.14 bits per heavy atom. The van der Waals surface area contributed by atoms with Crippen molar-refractivity contribution >= 4 is 11.6 Å². The van der Waals surface area contributed by atoms with Crippen molar-refractivity contribution in [3.8, 4) is 5.75 Å². The first-order valence-electron chi connectivity index (χ1n) is 10.6. The van der Waals surface area contributed by atoms with Crippen LogP contribution in [0.4, 0.5) is 5.69 Å². The fraction of sp³-hybridized carbons (Fsp3) is 0.478. The number of anilines is 1. The van der Waals surface area contributed by atoms with Gasteiger partial charge in [0.15, 0.2) is 0 Å². The van der Waals surface area contributed by atoms with Crippen LogP contribution in [0.2, 0.25) is 0 Å². The number of nitrogens with zero attached hydrogens (tertiary/aromatic N) is 4. The molecule has 152 valence electrons. The molecule has 0 spiro atoms. The summed E-state index contributed by atoms with van der Waals surface area (Å²) in [6, 6.07) is 12.2. The number of pyridine rings is 1. The van der Waals surface area contributed by atoms with Gasteiger partial charge in [-0.25, -0.2) is 0 Å². The van der Waals surface area contributed by atoms with E-state index >= 15 is 0 Å². The Morgan fingerprint density at radius 2 is 1.97 bits per heavy atom. The Kier molecular flexibility index (Phi) is 4.97. The topological polar surface area (TPSA) is 48.9 Å². The summed E-state index contributed by atoms with van der Waals surface area (Å²) in [4.78, 5) is 24.8. The maximum atomic E-state index is 13.8. The van der Waals surface area contributed by atoms with Crippen LogP contribution in [0.5, 0.6) is 5.75 Å². The first-order valence-corrected chi connectivity index (χ1v) is 10.6. The third-order valence-electron chi connectivity index (χ3n) is 6.52. The molecule has 0 aliphatic carbocycles. The number of rotatable bonds is 3. The summed E-state index contributed by atoms with van der Waals surface area (Å²) < 4.78 is 6.42. The van der Waals surface area contributed by atoms with Crippen LogP contribution < -0.4 is 9.64 Å². The van der Waals surface area contributed by atoms with Gasteiger partial charge in [0, 0.05) is 31.4 Å². The zero-order chi connectivity index (χ0) is 19.8. The number of piperidine rings is 1. The average Bonchev–Trinajstić information content (AvgIpc) is 3.18. The molecule has 5 rings (SSSR count). The van der Waals surface area contributed by atoms with Gasteiger partial charge >= 0.3 is 0 Å². The zero-order valence-corrected chi connectivity index (χ0v) is 16.9. The summed E-state index contributed by atoms with van der Waals surface area (Å²) in [5, 5.41) is 0. The molecule has 3 aliphatic rings. The fourth-order valence-electron chi connectivity index (χ4n) is 4.97. The lowest BCUT2D eigenvalue weighted by molar-refractivity contribution is -0.124. The summed E-state index contributed by atoms with van der Waals surface area (Å²) in [5.74, 6) is 0.990. The normalized spacial score (nSPS) is 26.0. The number of amides is 1. The van der Waals surface area contributed by atoms with Gasteiger partial charge in [-0.2, -0.15) is 0 Å². The van der Waals surface area contributed by atoms with E-state index in [0.717, 1.165) is 55.9 Å². The molecule has 29 heavy (non-hydrogen) atoms. The maximum absolute atomic E-state index is 13.8. The average molecular weight is 393 g/mol. The van der Waals surface area contributed by atoms with Crippen molar-refractivity contribution in [2.75, 3.05) is 31.6 Å². The molecule has 0 saturated carbocycles. The highest BCUT2D eigenvalue weighted by atomic mass is 16.5. The Bertz CT molecular complexity index is 866.